The van der Waals surface area contributed by atoms with Crippen LogP contribution in [0.5, 0.6) is 0 Å². The van der Waals surface area contributed by atoms with Crippen LogP contribution >= 0.6 is 10.7 Å². The minimum atomic E-state index is -4.20. The van der Waals surface area contributed by atoms with Crippen molar-refractivity contribution in [1.82, 2.24) is 19.6 Å². The molecule has 0 unspecified atom stereocenters. The van der Waals surface area contributed by atoms with Crippen LogP contribution < -0.4 is 0 Å². The molecule has 3 aromatic rings. The van der Waals surface area contributed by atoms with Crippen LogP contribution in [-0.2, 0) is 9.05 Å². The number of alkyl halides is 2. The van der Waals surface area contributed by atoms with Crippen molar-refractivity contribution in [1.29, 1.82) is 0 Å². The molecule has 0 aliphatic heterocycles. The Bertz CT molecular complexity index is 969. The summed E-state index contributed by atoms with van der Waals surface area (Å²) in [5.41, 5.74) is -0.314. The van der Waals surface area contributed by atoms with E-state index in [-0.39, 0.29) is 17.2 Å². The fourth-order valence-corrected chi connectivity index (χ4v) is 2.47. The minimum absolute atomic E-state index is 0.0598. The van der Waals surface area contributed by atoms with E-state index in [9.17, 15) is 21.6 Å². The summed E-state index contributed by atoms with van der Waals surface area (Å²) >= 11 is 0. The van der Waals surface area contributed by atoms with Gasteiger partial charge in [0.15, 0.2) is 11.5 Å². The Kier molecular flexibility index (Phi) is 3.33. The number of imidazole rings is 1. The molecule has 22 heavy (non-hydrogen) atoms. The van der Waals surface area contributed by atoms with E-state index in [0.29, 0.717) is 6.07 Å². The highest BCUT2D eigenvalue weighted by Gasteiger charge is 2.22. The molecule has 0 fully saturated rings. The molecule has 0 bridgehead atoms. The lowest BCUT2D eigenvalue weighted by Crippen LogP contribution is -1.98. The second kappa shape index (κ2) is 4.95. The molecule has 0 spiro atoms. The summed E-state index contributed by atoms with van der Waals surface area (Å²) in [6.07, 6.45) is -0.933. The first-order valence-corrected chi connectivity index (χ1v) is 7.81. The maximum atomic E-state index is 13.8. The van der Waals surface area contributed by atoms with Crippen LogP contribution in [0.4, 0.5) is 13.2 Å². The van der Waals surface area contributed by atoms with Gasteiger partial charge in [0.05, 0.1) is 6.20 Å². The molecular weight excluding hydrogens is 349 g/mol. The third-order valence-corrected chi connectivity index (χ3v) is 3.98. The van der Waals surface area contributed by atoms with E-state index in [1.165, 1.54) is 0 Å². The van der Waals surface area contributed by atoms with Crippen molar-refractivity contribution in [3.05, 3.63) is 30.2 Å². The van der Waals surface area contributed by atoms with E-state index in [0.717, 1.165) is 16.8 Å². The minimum Gasteiger partial charge on any atom is -0.414 e. The predicted molar refractivity (Wildman–Crippen MR) is 66.4 cm³/mol. The molecule has 0 radical (unpaired) electrons. The van der Waals surface area contributed by atoms with Gasteiger partial charge in [0.1, 0.15) is 10.6 Å². The van der Waals surface area contributed by atoms with Crippen molar-refractivity contribution < 1.29 is 26.0 Å². The number of nitrogens with zero attached hydrogens (tertiary/aromatic N) is 4. The van der Waals surface area contributed by atoms with Gasteiger partial charge in [-0.2, -0.15) is 8.78 Å². The maximum Gasteiger partial charge on any atom is 0.314 e. The van der Waals surface area contributed by atoms with Gasteiger partial charge >= 0.3 is 6.43 Å². The summed E-state index contributed by atoms with van der Waals surface area (Å²) in [6, 6.07) is 0.687. The Morgan fingerprint density at radius 1 is 1.32 bits per heavy atom. The van der Waals surface area contributed by atoms with Gasteiger partial charge in [-0.15, -0.1) is 10.2 Å². The van der Waals surface area contributed by atoms with Crippen molar-refractivity contribution >= 4 is 25.4 Å². The van der Waals surface area contributed by atoms with Crippen molar-refractivity contribution in [2.24, 2.45) is 0 Å². The Morgan fingerprint density at radius 2 is 2.05 bits per heavy atom. The molecular formula is C10H4ClF3N4O3S. The third-order valence-electron chi connectivity index (χ3n) is 2.66. The largest absolute Gasteiger partial charge is 0.414 e. The van der Waals surface area contributed by atoms with Crippen LogP contribution in [0.3, 0.4) is 0 Å². The lowest BCUT2D eigenvalue weighted by Gasteiger charge is -2.02. The highest BCUT2D eigenvalue weighted by atomic mass is 35.7. The van der Waals surface area contributed by atoms with Crippen LogP contribution in [0.25, 0.3) is 17.2 Å². The summed E-state index contributed by atoms with van der Waals surface area (Å²) in [7, 11) is 0.958. The normalized spacial score (nSPS) is 12.4. The molecule has 0 amide bonds. The number of aromatic nitrogens is 4. The maximum absolute atomic E-state index is 13.8. The quantitative estimate of drug-likeness (QED) is 0.672. The van der Waals surface area contributed by atoms with Crippen LogP contribution in [0.2, 0.25) is 0 Å². The Morgan fingerprint density at radius 3 is 2.64 bits per heavy atom. The number of hydrogen-bond donors (Lipinski definition) is 0. The van der Waals surface area contributed by atoms with E-state index in [1.54, 1.807) is 0 Å². The van der Waals surface area contributed by atoms with Crippen LogP contribution in [-0.4, -0.2) is 28.0 Å². The molecule has 12 heteroatoms. The van der Waals surface area contributed by atoms with Gasteiger partial charge in [-0.1, -0.05) is 0 Å². The number of fused-ring (bicyclic) bond motifs is 1. The molecule has 7 nitrogen and oxygen atoms in total. The molecule has 0 atom stereocenters. The van der Waals surface area contributed by atoms with Gasteiger partial charge in [0.2, 0.25) is 0 Å². The van der Waals surface area contributed by atoms with Crippen molar-refractivity contribution in [3.63, 3.8) is 0 Å². The summed E-state index contributed by atoms with van der Waals surface area (Å²) in [4.78, 5) is 3.17. The lowest BCUT2D eigenvalue weighted by molar-refractivity contribution is 0.116. The number of halogens is 4. The lowest BCUT2D eigenvalue weighted by atomic mass is 10.4. The summed E-state index contributed by atoms with van der Waals surface area (Å²) in [6.45, 7) is 0. The average molecular weight is 353 g/mol. The first kappa shape index (κ1) is 14.8. The van der Waals surface area contributed by atoms with E-state index < -0.39 is 32.1 Å². The molecule has 0 aromatic carbocycles. The van der Waals surface area contributed by atoms with E-state index in [4.69, 9.17) is 15.1 Å². The Hall–Kier alpha value is -2.14. The summed E-state index contributed by atoms with van der Waals surface area (Å²) in [5, 5.41) is 6.52. The highest BCUT2D eigenvalue weighted by Crippen LogP contribution is 2.26. The molecule has 3 aromatic heterocycles. The third kappa shape index (κ3) is 2.41. The van der Waals surface area contributed by atoms with Crippen molar-refractivity contribution in [3.8, 4) is 11.6 Å². The van der Waals surface area contributed by atoms with Gasteiger partial charge in [0, 0.05) is 16.9 Å². The predicted octanol–water partition coefficient (Wildman–Crippen LogP) is 2.39. The van der Waals surface area contributed by atoms with E-state index in [1.807, 2.05) is 0 Å². The number of rotatable bonds is 3. The Labute approximate surface area is 124 Å². The fraction of sp³-hybridized carbons (Fsp3) is 0.100. The summed E-state index contributed by atoms with van der Waals surface area (Å²) in [5.74, 6) is -2.26. The van der Waals surface area contributed by atoms with E-state index >= 15 is 0 Å². The molecule has 0 N–H and O–H groups in total. The Balaban J connectivity index is 2.24. The monoisotopic (exact) mass is 352 g/mol. The van der Waals surface area contributed by atoms with Crippen LogP contribution in [0.1, 0.15) is 12.3 Å². The topological polar surface area (TPSA) is 90.4 Å². The zero-order chi connectivity index (χ0) is 16.1. The SMILES string of the molecule is O=S(=O)(Cl)c1cc(F)c2ncc(-c3nnc(C(F)F)o3)n2c1. The first-order valence-electron chi connectivity index (χ1n) is 5.50. The van der Waals surface area contributed by atoms with Crippen LogP contribution in [0.15, 0.2) is 27.8 Å². The molecule has 0 aliphatic carbocycles. The number of pyridine rings is 1. The summed E-state index contributed by atoms with van der Waals surface area (Å²) < 4.78 is 67.0. The highest BCUT2D eigenvalue weighted by molar-refractivity contribution is 8.13. The fourth-order valence-electron chi connectivity index (χ4n) is 1.74. The van der Waals surface area contributed by atoms with Gasteiger partial charge in [0.25, 0.3) is 20.8 Å². The molecule has 116 valence electrons. The standard InChI is InChI=1S/C10H4ClF3N4O3S/c11-22(19,20)4-1-5(12)8-15-2-6(18(8)3-4)9-16-17-10(21-9)7(13)14/h1-3,7H. The first-order chi connectivity index (χ1) is 10.3. The van der Waals surface area contributed by atoms with Crippen LogP contribution in [0, 0.1) is 5.82 Å². The zero-order valence-corrected chi connectivity index (χ0v) is 11.8. The molecule has 0 saturated carbocycles. The van der Waals surface area contributed by atoms with Crippen molar-refractivity contribution in [2.45, 2.75) is 11.3 Å². The molecule has 0 aliphatic rings. The van der Waals surface area contributed by atoms with E-state index in [2.05, 4.69) is 15.2 Å². The van der Waals surface area contributed by atoms with Gasteiger partial charge in [-0.05, 0) is 6.07 Å². The molecule has 3 heterocycles. The van der Waals surface area contributed by atoms with Gasteiger partial charge in [-0.25, -0.2) is 17.8 Å². The van der Waals surface area contributed by atoms with Gasteiger partial charge < -0.3 is 4.42 Å². The second-order valence-corrected chi connectivity index (χ2v) is 6.61. The molecule has 0 saturated heterocycles. The smallest absolute Gasteiger partial charge is 0.314 e. The average Bonchev–Trinajstić information content (AvgIpc) is 3.03. The zero-order valence-electron chi connectivity index (χ0n) is 10.2. The second-order valence-electron chi connectivity index (χ2n) is 4.04. The van der Waals surface area contributed by atoms with Gasteiger partial charge in [-0.3, -0.25) is 4.40 Å². The number of hydrogen-bond acceptors (Lipinski definition) is 6. The molecule has 3 rings (SSSR count). The van der Waals surface area contributed by atoms with Crippen molar-refractivity contribution in [2.75, 3.05) is 0 Å².